The second-order valence-corrected chi connectivity index (χ2v) is 5.31. The minimum atomic E-state index is -0.0595. The summed E-state index contributed by atoms with van der Waals surface area (Å²) in [5.74, 6) is 2.60. The SMILES string of the molecule is COc1ccc(C(C)NC(=O)C2CSCN2)cc1. The molecule has 0 bridgehead atoms. The van der Waals surface area contributed by atoms with Gasteiger partial charge in [0.25, 0.3) is 0 Å². The van der Waals surface area contributed by atoms with Crippen molar-refractivity contribution in [1.82, 2.24) is 10.6 Å². The van der Waals surface area contributed by atoms with Gasteiger partial charge in [0.2, 0.25) is 5.91 Å². The summed E-state index contributed by atoms with van der Waals surface area (Å²) in [5, 5.41) is 6.18. The molecule has 2 N–H and O–H groups in total. The van der Waals surface area contributed by atoms with Gasteiger partial charge in [0.1, 0.15) is 5.75 Å². The lowest BCUT2D eigenvalue weighted by Crippen LogP contribution is -2.42. The van der Waals surface area contributed by atoms with Crippen molar-refractivity contribution in [1.29, 1.82) is 0 Å². The Morgan fingerprint density at radius 2 is 2.22 bits per heavy atom. The van der Waals surface area contributed by atoms with Crippen LogP contribution in [0.5, 0.6) is 5.75 Å². The normalized spacial score (nSPS) is 20.4. The maximum absolute atomic E-state index is 11.9. The molecule has 1 heterocycles. The molecular formula is C13H18N2O2S. The molecule has 1 aliphatic heterocycles. The zero-order chi connectivity index (χ0) is 13.0. The van der Waals surface area contributed by atoms with E-state index in [4.69, 9.17) is 4.74 Å². The summed E-state index contributed by atoms with van der Waals surface area (Å²) in [7, 11) is 1.64. The van der Waals surface area contributed by atoms with Crippen LogP contribution in [0.15, 0.2) is 24.3 Å². The molecule has 2 rings (SSSR count). The van der Waals surface area contributed by atoms with E-state index < -0.39 is 0 Å². The topological polar surface area (TPSA) is 50.4 Å². The van der Waals surface area contributed by atoms with Crippen LogP contribution in [0.4, 0.5) is 0 Å². The largest absolute Gasteiger partial charge is 0.497 e. The number of rotatable bonds is 4. The van der Waals surface area contributed by atoms with Crippen molar-refractivity contribution < 1.29 is 9.53 Å². The highest BCUT2D eigenvalue weighted by Gasteiger charge is 2.23. The molecule has 2 atom stereocenters. The molecule has 0 radical (unpaired) electrons. The van der Waals surface area contributed by atoms with E-state index in [-0.39, 0.29) is 18.0 Å². The van der Waals surface area contributed by atoms with E-state index in [1.54, 1.807) is 18.9 Å². The van der Waals surface area contributed by atoms with Crippen LogP contribution < -0.4 is 15.4 Å². The predicted octanol–water partition coefficient (Wildman–Crippen LogP) is 1.53. The molecule has 0 spiro atoms. The van der Waals surface area contributed by atoms with Crippen molar-refractivity contribution in [2.75, 3.05) is 18.7 Å². The van der Waals surface area contributed by atoms with Crippen LogP contribution >= 0.6 is 11.8 Å². The maximum Gasteiger partial charge on any atom is 0.238 e. The van der Waals surface area contributed by atoms with Gasteiger partial charge < -0.3 is 10.1 Å². The van der Waals surface area contributed by atoms with Crippen LogP contribution in [-0.2, 0) is 4.79 Å². The van der Waals surface area contributed by atoms with Gasteiger partial charge in [0.05, 0.1) is 19.2 Å². The molecule has 1 aliphatic rings. The highest BCUT2D eigenvalue weighted by molar-refractivity contribution is 7.99. The first-order valence-electron chi connectivity index (χ1n) is 5.96. The van der Waals surface area contributed by atoms with Crippen LogP contribution in [0.25, 0.3) is 0 Å². The van der Waals surface area contributed by atoms with Crippen molar-refractivity contribution >= 4 is 17.7 Å². The monoisotopic (exact) mass is 266 g/mol. The van der Waals surface area contributed by atoms with Gasteiger partial charge in [-0.1, -0.05) is 12.1 Å². The summed E-state index contributed by atoms with van der Waals surface area (Å²) in [6, 6.07) is 7.70. The van der Waals surface area contributed by atoms with Gasteiger partial charge in [0, 0.05) is 11.6 Å². The number of thioether (sulfide) groups is 1. The first-order chi connectivity index (χ1) is 8.70. The Labute approximate surface area is 111 Å². The Bertz CT molecular complexity index is 402. The van der Waals surface area contributed by atoms with Crippen LogP contribution in [0.2, 0.25) is 0 Å². The van der Waals surface area contributed by atoms with Gasteiger partial charge in [0.15, 0.2) is 0 Å². The number of amides is 1. The first-order valence-corrected chi connectivity index (χ1v) is 7.11. The van der Waals surface area contributed by atoms with E-state index >= 15 is 0 Å². The van der Waals surface area contributed by atoms with Crippen molar-refractivity contribution in [3.8, 4) is 5.75 Å². The summed E-state index contributed by atoms with van der Waals surface area (Å²) < 4.78 is 5.11. The van der Waals surface area contributed by atoms with Gasteiger partial charge in [-0.3, -0.25) is 10.1 Å². The van der Waals surface area contributed by atoms with Crippen molar-refractivity contribution in [3.63, 3.8) is 0 Å². The summed E-state index contributed by atoms with van der Waals surface area (Å²) in [6.07, 6.45) is 0. The average Bonchev–Trinajstić information content (AvgIpc) is 2.92. The predicted molar refractivity (Wildman–Crippen MR) is 73.8 cm³/mol. The summed E-state index contributed by atoms with van der Waals surface area (Å²) in [6.45, 7) is 1.99. The Kier molecular flexibility index (Phi) is 4.49. The van der Waals surface area contributed by atoms with E-state index in [9.17, 15) is 4.79 Å². The fraction of sp³-hybridized carbons (Fsp3) is 0.462. The number of methoxy groups -OCH3 is 1. The second-order valence-electron chi connectivity index (χ2n) is 4.28. The highest BCUT2D eigenvalue weighted by Crippen LogP contribution is 2.18. The number of ether oxygens (including phenoxy) is 1. The molecule has 0 aliphatic carbocycles. The first kappa shape index (κ1) is 13.2. The third kappa shape index (κ3) is 3.17. The number of hydrogen-bond donors (Lipinski definition) is 2. The van der Waals surface area contributed by atoms with Crippen molar-refractivity contribution in [2.45, 2.75) is 19.0 Å². The highest BCUT2D eigenvalue weighted by atomic mass is 32.2. The number of nitrogens with one attached hydrogen (secondary N) is 2. The molecule has 1 amide bonds. The molecule has 4 nitrogen and oxygen atoms in total. The van der Waals surface area contributed by atoms with Crippen LogP contribution in [0, 0.1) is 0 Å². The van der Waals surface area contributed by atoms with Crippen LogP contribution in [0.3, 0.4) is 0 Å². The maximum atomic E-state index is 11.9. The van der Waals surface area contributed by atoms with Gasteiger partial charge in [-0.2, -0.15) is 0 Å². The van der Waals surface area contributed by atoms with Gasteiger partial charge >= 0.3 is 0 Å². The fourth-order valence-electron chi connectivity index (χ4n) is 1.85. The summed E-state index contributed by atoms with van der Waals surface area (Å²) >= 11 is 1.75. The molecule has 18 heavy (non-hydrogen) atoms. The molecule has 1 fully saturated rings. The van der Waals surface area contributed by atoms with Crippen LogP contribution in [-0.4, -0.2) is 30.7 Å². The fourth-order valence-corrected chi connectivity index (χ4v) is 2.80. The Balaban J connectivity index is 1.93. The van der Waals surface area contributed by atoms with Gasteiger partial charge in [-0.25, -0.2) is 0 Å². The number of carbonyl (C=O) groups is 1. The lowest BCUT2D eigenvalue weighted by atomic mass is 10.1. The molecule has 1 aromatic rings. The standard InChI is InChI=1S/C13H18N2O2S/c1-9(10-3-5-11(17-2)6-4-10)15-13(16)12-7-18-8-14-12/h3-6,9,12,14H,7-8H2,1-2H3,(H,15,16). The van der Waals surface area contributed by atoms with Crippen LogP contribution in [0.1, 0.15) is 18.5 Å². The Morgan fingerprint density at radius 3 is 2.78 bits per heavy atom. The molecule has 98 valence electrons. The number of hydrogen-bond acceptors (Lipinski definition) is 4. The number of carbonyl (C=O) groups excluding carboxylic acids is 1. The van der Waals surface area contributed by atoms with E-state index in [0.717, 1.165) is 22.9 Å². The smallest absolute Gasteiger partial charge is 0.238 e. The average molecular weight is 266 g/mol. The van der Waals surface area contributed by atoms with E-state index in [1.807, 2.05) is 31.2 Å². The van der Waals surface area contributed by atoms with Crippen molar-refractivity contribution in [3.05, 3.63) is 29.8 Å². The minimum absolute atomic E-state index is 0.0100. The molecule has 1 saturated heterocycles. The second kappa shape index (κ2) is 6.11. The van der Waals surface area contributed by atoms with Crippen molar-refractivity contribution in [2.24, 2.45) is 0 Å². The molecule has 1 aromatic carbocycles. The zero-order valence-electron chi connectivity index (χ0n) is 10.6. The van der Waals surface area contributed by atoms with Gasteiger partial charge in [-0.05, 0) is 24.6 Å². The lowest BCUT2D eigenvalue weighted by molar-refractivity contribution is -0.123. The van der Waals surface area contributed by atoms with E-state index in [0.29, 0.717) is 0 Å². The number of benzene rings is 1. The molecule has 0 saturated carbocycles. The molecule has 5 heteroatoms. The third-order valence-corrected chi connectivity index (χ3v) is 3.95. The van der Waals surface area contributed by atoms with Gasteiger partial charge in [-0.15, -0.1) is 11.8 Å². The molecular weight excluding hydrogens is 248 g/mol. The lowest BCUT2D eigenvalue weighted by Gasteiger charge is -2.17. The third-order valence-electron chi connectivity index (χ3n) is 3.01. The summed E-state index contributed by atoms with van der Waals surface area (Å²) in [4.78, 5) is 11.9. The Morgan fingerprint density at radius 1 is 1.50 bits per heavy atom. The molecule has 0 aromatic heterocycles. The molecule has 2 unspecified atom stereocenters. The van der Waals surface area contributed by atoms with E-state index in [1.165, 1.54) is 0 Å². The summed E-state index contributed by atoms with van der Waals surface area (Å²) in [5.41, 5.74) is 1.08. The zero-order valence-corrected chi connectivity index (χ0v) is 11.4. The van der Waals surface area contributed by atoms with E-state index in [2.05, 4.69) is 10.6 Å². The quantitative estimate of drug-likeness (QED) is 0.868. The Hall–Kier alpha value is -1.20. The minimum Gasteiger partial charge on any atom is -0.497 e.